The minimum absolute atomic E-state index is 0.293. The summed E-state index contributed by atoms with van der Waals surface area (Å²) < 4.78 is 0. The van der Waals surface area contributed by atoms with E-state index in [-0.39, 0.29) is 0 Å². The largest absolute Gasteiger partial charge is 0.327 e. The predicted molar refractivity (Wildman–Crippen MR) is 70.9 cm³/mol. The van der Waals surface area contributed by atoms with Gasteiger partial charge in [-0.05, 0) is 31.7 Å². The maximum atomic E-state index is 6.20. The molecule has 1 rings (SSSR count). The van der Waals surface area contributed by atoms with Crippen LogP contribution in [0.15, 0.2) is 4.99 Å². The van der Waals surface area contributed by atoms with E-state index in [1.165, 1.54) is 12.1 Å². The van der Waals surface area contributed by atoms with Crippen LogP contribution in [0.1, 0.15) is 34.1 Å². The molecule has 0 heterocycles. The zero-order valence-electron chi connectivity index (χ0n) is 11.4. The minimum atomic E-state index is 0.293. The monoisotopic (exact) mass is 225 g/mol. The van der Waals surface area contributed by atoms with E-state index in [1.807, 2.05) is 7.05 Å². The van der Waals surface area contributed by atoms with Gasteiger partial charge in [0.05, 0.1) is 6.54 Å². The van der Waals surface area contributed by atoms with Crippen LogP contribution in [0.4, 0.5) is 0 Å². The maximum absolute atomic E-state index is 6.20. The molecule has 3 atom stereocenters. The molecule has 0 aromatic rings. The highest BCUT2D eigenvalue weighted by atomic mass is 14.9. The normalized spacial score (nSPS) is 34.6. The molecule has 0 aliphatic heterocycles. The number of nitrogens with two attached hydrogens (primary N) is 1. The standard InChI is InChI=1S/C13H27N3/c1-9(2)8-13(4)11(12(13)14)10(3)16-7-6-15-5/h9,11-12,15H,6-8,14H2,1-5H3/t11-,12?,13-/m0/s1. The van der Waals surface area contributed by atoms with Crippen LogP contribution in [0.5, 0.6) is 0 Å². The van der Waals surface area contributed by atoms with Crippen molar-refractivity contribution in [3.63, 3.8) is 0 Å². The summed E-state index contributed by atoms with van der Waals surface area (Å²) in [6.07, 6.45) is 1.21. The van der Waals surface area contributed by atoms with E-state index in [1.54, 1.807) is 0 Å². The number of hydrogen-bond acceptors (Lipinski definition) is 3. The lowest BCUT2D eigenvalue weighted by Crippen LogP contribution is -2.13. The van der Waals surface area contributed by atoms with E-state index in [0.717, 1.165) is 13.1 Å². The highest BCUT2D eigenvalue weighted by Crippen LogP contribution is 2.55. The van der Waals surface area contributed by atoms with Crippen molar-refractivity contribution in [3.05, 3.63) is 0 Å². The minimum Gasteiger partial charge on any atom is -0.327 e. The molecule has 1 unspecified atom stereocenters. The van der Waals surface area contributed by atoms with Crippen molar-refractivity contribution in [1.82, 2.24) is 5.32 Å². The lowest BCUT2D eigenvalue weighted by molar-refractivity contribution is 0.398. The Balaban J connectivity index is 2.53. The Hall–Kier alpha value is -0.410. The molecule has 94 valence electrons. The summed E-state index contributed by atoms with van der Waals surface area (Å²) in [5.41, 5.74) is 7.74. The number of rotatable bonds is 6. The summed E-state index contributed by atoms with van der Waals surface area (Å²) >= 11 is 0. The Labute approximate surface area is 99.9 Å². The van der Waals surface area contributed by atoms with Crippen LogP contribution in [0.3, 0.4) is 0 Å². The van der Waals surface area contributed by atoms with E-state index in [9.17, 15) is 0 Å². The van der Waals surface area contributed by atoms with Crippen molar-refractivity contribution in [3.8, 4) is 0 Å². The molecule has 1 saturated carbocycles. The molecule has 0 aromatic carbocycles. The molecule has 0 bridgehead atoms. The summed E-state index contributed by atoms with van der Waals surface area (Å²) in [6, 6.07) is 0.313. The van der Waals surface area contributed by atoms with Gasteiger partial charge in [-0.2, -0.15) is 0 Å². The third-order valence-electron chi connectivity index (χ3n) is 3.74. The van der Waals surface area contributed by atoms with Gasteiger partial charge >= 0.3 is 0 Å². The Kier molecular flexibility index (Phi) is 4.51. The van der Waals surface area contributed by atoms with Crippen molar-refractivity contribution < 1.29 is 0 Å². The van der Waals surface area contributed by atoms with Gasteiger partial charge in [0.25, 0.3) is 0 Å². The molecule has 3 heteroatoms. The molecule has 3 nitrogen and oxygen atoms in total. The predicted octanol–water partition coefficient (Wildman–Crippen LogP) is 1.68. The van der Waals surface area contributed by atoms with Crippen molar-refractivity contribution in [2.45, 2.75) is 40.2 Å². The fourth-order valence-corrected chi connectivity index (χ4v) is 2.92. The zero-order chi connectivity index (χ0) is 12.3. The molecule has 1 fully saturated rings. The van der Waals surface area contributed by atoms with Crippen LogP contribution < -0.4 is 11.1 Å². The van der Waals surface area contributed by atoms with E-state index < -0.39 is 0 Å². The van der Waals surface area contributed by atoms with E-state index in [0.29, 0.717) is 23.3 Å². The molecule has 0 saturated heterocycles. The maximum Gasteiger partial charge on any atom is 0.0513 e. The highest BCUT2D eigenvalue weighted by molar-refractivity contribution is 5.89. The van der Waals surface area contributed by atoms with Crippen LogP contribution in [-0.2, 0) is 0 Å². The molecule has 1 aliphatic carbocycles. The van der Waals surface area contributed by atoms with Crippen LogP contribution in [0, 0.1) is 17.3 Å². The summed E-state index contributed by atoms with van der Waals surface area (Å²) in [5, 5.41) is 3.11. The van der Waals surface area contributed by atoms with Gasteiger partial charge in [0.1, 0.15) is 0 Å². The lowest BCUT2D eigenvalue weighted by atomic mass is 9.92. The molecule has 3 N–H and O–H groups in total. The number of nitrogens with zero attached hydrogens (tertiary/aromatic N) is 1. The summed E-state index contributed by atoms with van der Waals surface area (Å²) in [7, 11) is 1.95. The lowest BCUT2D eigenvalue weighted by Gasteiger charge is -2.13. The van der Waals surface area contributed by atoms with Crippen molar-refractivity contribution >= 4 is 5.71 Å². The first kappa shape index (κ1) is 13.7. The van der Waals surface area contributed by atoms with Crippen LogP contribution in [-0.4, -0.2) is 31.9 Å². The average Bonchev–Trinajstić information content (AvgIpc) is 2.67. The number of nitrogens with one attached hydrogen (secondary N) is 1. The SMILES string of the molecule is CNCCN=C(C)[C@H]1C(N)[C@@]1(C)CC(C)C. The number of likely N-dealkylation sites (N-methyl/N-ethyl adjacent to an activating group) is 1. The van der Waals surface area contributed by atoms with Crippen LogP contribution in [0.2, 0.25) is 0 Å². The topological polar surface area (TPSA) is 50.4 Å². The van der Waals surface area contributed by atoms with E-state index in [4.69, 9.17) is 5.73 Å². The Morgan fingerprint density at radius 2 is 2.12 bits per heavy atom. The fourth-order valence-electron chi connectivity index (χ4n) is 2.92. The Morgan fingerprint density at radius 1 is 1.50 bits per heavy atom. The first-order valence-electron chi connectivity index (χ1n) is 6.34. The highest BCUT2D eigenvalue weighted by Gasteiger charge is 2.60. The molecule has 0 aromatic heterocycles. The van der Waals surface area contributed by atoms with Crippen molar-refractivity contribution in [2.24, 2.45) is 28.0 Å². The third kappa shape index (κ3) is 2.83. The molecule has 0 radical (unpaired) electrons. The molecule has 1 aliphatic rings. The first-order chi connectivity index (χ1) is 7.43. The van der Waals surface area contributed by atoms with Gasteiger partial charge in [0, 0.05) is 24.2 Å². The van der Waals surface area contributed by atoms with Gasteiger partial charge in [0.2, 0.25) is 0 Å². The van der Waals surface area contributed by atoms with Crippen molar-refractivity contribution in [1.29, 1.82) is 0 Å². The van der Waals surface area contributed by atoms with Gasteiger partial charge in [-0.15, -0.1) is 0 Å². The van der Waals surface area contributed by atoms with E-state index >= 15 is 0 Å². The van der Waals surface area contributed by atoms with Crippen LogP contribution >= 0.6 is 0 Å². The Bertz CT molecular complexity index is 260. The fraction of sp³-hybridized carbons (Fsp3) is 0.923. The van der Waals surface area contributed by atoms with Gasteiger partial charge in [-0.1, -0.05) is 20.8 Å². The molecule has 16 heavy (non-hydrogen) atoms. The van der Waals surface area contributed by atoms with Gasteiger partial charge < -0.3 is 11.1 Å². The van der Waals surface area contributed by atoms with E-state index in [2.05, 4.69) is 38.0 Å². The van der Waals surface area contributed by atoms with Gasteiger partial charge in [0.15, 0.2) is 0 Å². The second-order valence-corrected chi connectivity index (χ2v) is 5.73. The summed E-state index contributed by atoms with van der Waals surface area (Å²) in [5.74, 6) is 1.22. The van der Waals surface area contributed by atoms with Gasteiger partial charge in [-0.25, -0.2) is 0 Å². The smallest absolute Gasteiger partial charge is 0.0513 e. The summed E-state index contributed by atoms with van der Waals surface area (Å²) in [6.45, 7) is 10.8. The Morgan fingerprint density at radius 3 is 2.62 bits per heavy atom. The summed E-state index contributed by atoms with van der Waals surface area (Å²) in [4.78, 5) is 4.60. The zero-order valence-corrected chi connectivity index (χ0v) is 11.4. The second-order valence-electron chi connectivity index (χ2n) is 5.73. The molecular weight excluding hydrogens is 198 g/mol. The number of aliphatic imine (C=N–C) groups is 1. The molecular formula is C13H27N3. The number of hydrogen-bond donors (Lipinski definition) is 2. The third-order valence-corrected chi connectivity index (χ3v) is 3.74. The molecule has 0 amide bonds. The molecule has 0 spiro atoms. The van der Waals surface area contributed by atoms with Crippen molar-refractivity contribution in [2.75, 3.05) is 20.1 Å². The second kappa shape index (κ2) is 5.28. The van der Waals surface area contributed by atoms with Crippen LogP contribution in [0.25, 0.3) is 0 Å². The quantitative estimate of drug-likeness (QED) is 0.534. The van der Waals surface area contributed by atoms with Gasteiger partial charge in [-0.3, -0.25) is 4.99 Å². The first-order valence-corrected chi connectivity index (χ1v) is 6.34. The average molecular weight is 225 g/mol.